The van der Waals surface area contributed by atoms with Gasteiger partial charge >= 0.3 is 0 Å². The number of hydrogen-bond acceptors (Lipinski definition) is 6. The summed E-state index contributed by atoms with van der Waals surface area (Å²) in [7, 11) is -3.40. The summed E-state index contributed by atoms with van der Waals surface area (Å²) in [4.78, 5) is 17.8. The van der Waals surface area contributed by atoms with Gasteiger partial charge in [0.05, 0.1) is 27.2 Å². The van der Waals surface area contributed by atoms with Crippen molar-refractivity contribution in [1.29, 1.82) is 0 Å². The Labute approximate surface area is 173 Å². The first-order chi connectivity index (χ1) is 14.2. The molecule has 2 aromatic heterocycles. The van der Waals surface area contributed by atoms with Gasteiger partial charge in [0.25, 0.3) is 11.6 Å². The van der Waals surface area contributed by atoms with Crippen LogP contribution in [0.2, 0.25) is 0 Å². The van der Waals surface area contributed by atoms with Crippen molar-refractivity contribution in [3.05, 3.63) is 71.4 Å². The van der Waals surface area contributed by atoms with Crippen molar-refractivity contribution in [3.63, 3.8) is 0 Å². The van der Waals surface area contributed by atoms with E-state index in [1.807, 2.05) is 30.3 Å². The van der Waals surface area contributed by atoms with E-state index in [1.165, 1.54) is 12.1 Å². The summed E-state index contributed by atoms with van der Waals surface area (Å²) in [6.07, 6.45) is 1.13. The van der Waals surface area contributed by atoms with E-state index in [2.05, 4.69) is 15.5 Å². The molecule has 4 aromatic rings. The molecule has 0 aliphatic rings. The fourth-order valence-electron chi connectivity index (χ4n) is 3.19. The fourth-order valence-corrected chi connectivity index (χ4v) is 3.83. The molecule has 0 radical (unpaired) electrons. The number of pyridine rings is 1. The van der Waals surface area contributed by atoms with Crippen LogP contribution < -0.4 is 5.32 Å². The van der Waals surface area contributed by atoms with E-state index in [4.69, 9.17) is 4.52 Å². The van der Waals surface area contributed by atoms with Crippen LogP contribution in [0.3, 0.4) is 0 Å². The number of carbonyl (C=O) groups excluding carboxylic acids is 1. The van der Waals surface area contributed by atoms with Gasteiger partial charge in [0.15, 0.2) is 9.84 Å². The molecule has 30 heavy (non-hydrogen) atoms. The maximum absolute atomic E-state index is 13.2. The third kappa shape index (κ3) is 3.69. The van der Waals surface area contributed by atoms with Crippen LogP contribution in [0, 0.1) is 13.8 Å². The molecule has 4 rings (SSSR count). The molecule has 0 fully saturated rings. The third-order valence-electron chi connectivity index (χ3n) is 4.82. The number of fused-ring (bicyclic) bond motifs is 1. The minimum Gasteiger partial charge on any atom is -0.335 e. The summed E-state index contributed by atoms with van der Waals surface area (Å²) in [6.45, 7) is 3.53. The van der Waals surface area contributed by atoms with Gasteiger partial charge < -0.3 is 9.84 Å². The second-order valence-electron chi connectivity index (χ2n) is 7.07. The van der Waals surface area contributed by atoms with E-state index in [9.17, 15) is 13.2 Å². The highest BCUT2D eigenvalue weighted by Crippen LogP contribution is 2.28. The van der Waals surface area contributed by atoms with Gasteiger partial charge in [-0.05, 0) is 37.6 Å². The Balaban J connectivity index is 1.81. The number of hydrogen-bond donors (Lipinski definition) is 1. The van der Waals surface area contributed by atoms with E-state index in [1.54, 1.807) is 26.0 Å². The molecular weight excluding hydrogens is 402 g/mol. The van der Waals surface area contributed by atoms with Gasteiger partial charge in [0.2, 0.25) is 0 Å². The quantitative estimate of drug-likeness (QED) is 0.531. The Kier molecular flexibility index (Phi) is 4.87. The average Bonchev–Trinajstić information content (AvgIpc) is 3.09. The van der Waals surface area contributed by atoms with Crippen LogP contribution in [0.4, 0.5) is 5.69 Å². The number of nitrogens with zero attached hydrogens (tertiary/aromatic N) is 2. The first kappa shape index (κ1) is 19.8. The number of nitrogens with one attached hydrogen (secondary N) is 1. The first-order valence-corrected chi connectivity index (χ1v) is 11.1. The molecule has 2 heterocycles. The molecule has 1 amide bonds. The largest absolute Gasteiger partial charge is 0.335 e. The average molecular weight is 421 g/mol. The lowest BCUT2D eigenvalue weighted by molar-refractivity contribution is 0.102. The molecule has 7 nitrogen and oxygen atoms in total. The minimum atomic E-state index is -3.40. The van der Waals surface area contributed by atoms with E-state index in [-0.39, 0.29) is 10.6 Å². The zero-order valence-corrected chi connectivity index (χ0v) is 17.4. The van der Waals surface area contributed by atoms with Crippen molar-refractivity contribution in [2.45, 2.75) is 18.7 Å². The topological polar surface area (TPSA) is 102 Å². The van der Waals surface area contributed by atoms with Gasteiger partial charge in [-0.1, -0.05) is 41.6 Å². The summed E-state index contributed by atoms with van der Waals surface area (Å²) in [6, 6.07) is 15.8. The first-order valence-electron chi connectivity index (χ1n) is 9.18. The highest BCUT2D eigenvalue weighted by molar-refractivity contribution is 7.90. The summed E-state index contributed by atoms with van der Waals surface area (Å²) in [5, 5.41) is 7.29. The second-order valence-corrected chi connectivity index (χ2v) is 9.09. The van der Waals surface area contributed by atoms with Crippen LogP contribution in [0.15, 0.2) is 64.0 Å². The number of anilines is 1. The molecular formula is C22H19N3O4S. The van der Waals surface area contributed by atoms with Crippen LogP contribution >= 0.6 is 0 Å². The van der Waals surface area contributed by atoms with Crippen LogP contribution in [0.5, 0.6) is 0 Å². The summed E-state index contributed by atoms with van der Waals surface area (Å²) >= 11 is 0. The van der Waals surface area contributed by atoms with Gasteiger partial charge in [-0.15, -0.1) is 0 Å². The Morgan fingerprint density at radius 1 is 1.03 bits per heavy atom. The normalized spacial score (nSPS) is 11.6. The number of rotatable bonds is 4. The van der Waals surface area contributed by atoms with Gasteiger partial charge in [-0.2, -0.15) is 0 Å². The summed E-state index contributed by atoms with van der Waals surface area (Å²) < 4.78 is 29.1. The highest BCUT2D eigenvalue weighted by Gasteiger charge is 2.20. The number of benzene rings is 2. The maximum atomic E-state index is 13.2. The van der Waals surface area contributed by atoms with Crippen molar-refractivity contribution in [2.24, 2.45) is 0 Å². The molecule has 0 spiro atoms. The van der Waals surface area contributed by atoms with E-state index in [0.29, 0.717) is 28.0 Å². The highest BCUT2D eigenvalue weighted by atomic mass is 32.2. The predicted molar refractivity (Wildman–Crippen MR) is 114 cm³/mol. The summed E-state index contributed by atoms with van der Waals surface area (Å²) in [5.74, 6) is -0.403. The van der Waals surface area contributed by atoms with Crippen molar-refractivity contribution in [3.8, 4) is 11.3 Å². The number of carbonyl (C=O) groups is 1. The Bertz CT molecular complexity index is 1380. The molecule has 0 saturated carbocycles. The SMILES string of the molecule is Cc1ccc(S(C)(=O)=O)cc1NC(=O)c1cc(-c2ccccc2)nc2onc(C)c12. The van der Waals surface area contributed by atoms with Gasteiger partial charge in [0.1, 0.15) is 0 Å². The fraction of sp³-hybridized carbons (Fsp3) is 0.136. The van der Waals surface area contributed by atoms with Gasteiger partial charge in [0, 0.05) is 17.5 Å². The van der Waals surface area contributed by atoms with Crippen molar-refractivity contribution in [1.82, 2.24) is 10.1 Å². The molecule has 152 valence electrons. The van der Waals surface area contributed by atoms with Crippen LogP contribution in [0.1, 0.15) is 21.6 Å². The lowest BCUT2D eigenvalue weighted by atomic mass is 10.0. The number of aromatic nitrogens is 2. The molecule has 0 aliphatic carbocycles. The molecule has 0 bridgehead atoms. The van der Waals surface area contributed by atoms with E-state index >= 15 is 0 Å². The van der Waals surface area contributed by atoms with Crippen molar-refractivity contribution in [2.75, 3.05) is 11.6 Å². The number of amides is 1. The monoisotopic (exact) mass is 421 g/mol. The zero-order valence-electron chi connectivity index (χ0n) is 16.6. The third-order valence-corrected chi connectivity index (χ3v) is 5.93. The second kappa shape index (κ2) is 7.38. The lowest BCUT2D eigenvalue weighted by Gasteiger charge is -2.11. The van der Waals surface area contributed by atoms with Gasteiger partial charge in [-0.3, -0.25) is 4.79 Å². The zero-order chi connectivity index (χ0) is 21.5. The molecule has 0 aliphatic heterocycles. The molecule has 1 N–H and O–H groups in total. The Hall–Kier alpha value is -3.52. The molecule has 0 saturated heterocycles. The smallest absolute Gasteiger partial charge is 0.259 e. The van der Waals surface area contributed by atoms with Crippen LogP contribution in [0.25, 0.3) is 22.4 Å². The lowest BCUT2D eigenvalue weighted by Crippen LogP contribution is -2.14. The number of sulfone groups is 1. The van der Waals surface area contributed by atoms with Gasteiger partial charge in [-0.25, -0.2) is 13.4 Å². The minimum absolute atomic E-state index is 0.134. The molecule has 8 heteroatoms. The van der Waals surface area contributed by atoms with Crippen molar-refractivity contribution < 1.29 is 17.7 Å². The summed E-state index contributed by atoms with van der Waals surface area (Å²) in [5.41, 5.74) is 3.73. The van der Waals surface area contributed by atoms with Crippen molar-refractivity contribution >= 4 is 32.5 Å². The standard InChI is InChI=1S/C22H19N3O4S/c1-13-9-10-16(30(3,27)28)11-18(13)23-21(26)17-12-19(15-7-5-4-6-8-15)24-22-20(17)14(2)25-29-22/h4-12H,1-3H3,(H,23,26). The molecule has 2 aromatic carbocycles. The maximum Gasteiger partial charge on any atom is 0.259 e. The molecule has 0 unspecified atom stereocenters. The van der Waals surface area contributed by atoms with E-state index < -0.39 is 15.7 Å². The Morgan fingerprint density at radius 3 is 2.47 bits per heavy atom. The number of aryl methyl sites for hydroxylation is 2. The van der Waals surface area contributed by atoms with E-state index in [0.717, 1.165) is 17.4 Å². The van der Waals surface area contributed by atoms with Crippen LogP contribution in [-0.4, -0.2) is 30.7 Å². The predicted octanol–water partition coefficient (Wildman–Crippen LogP) is 4.16. The van der Waals surface area contributed by atoms with Crippen LogP contribution in [-0.2, 0) is 9.84 Å². The Morgan fingerprint density at radius 2 is 1.77 bits per heavy atom. The molecule has 0 atom stereocenters.